The maximum absolute atomic E-state index is 12.4. The summed E-state index contributed by atoms with van der Waals surface area (Å²) in [6.45, 7) is 6.56. The van der Waals surface area contributed by atoms with E-state index in [9.17, 15) is 9.59 Å². The van der Waals surface area contributed by atoms with Gasteiger partial charge in [0.2, 0.25) is 5.91 Å². The quantitative estimate of drug-likeness (QED) is 0.886. The molecule has 3 rings (SSSR count). The number of aromatic nitrogens is 2. The molecule has 2 N–H and O–H groups in total. The molecule has 1 atom stereocenters. The van der Waals surface area contributed by atoms with E-state index in [0.29, 0.717) is 18.5 Å². The molecule has 6 heteroatoms. The molecule has 1 unspecified atom stereocenters. The minimum atomic E-state index is -0.217. The summed E-state index contributed by atoms with van der Waals surface area (Å²) in [6.07, 6.45) is 1.96. The van der Waals surface area contributed by atoms with Gasteiger partial charge in [0, 0.05) is 24.1 Å². The number of hydrogen-bond donors (Lipinski definition) is 2. The number of likely N-dealkylation sites (tertiary alicyclic amines) is 1. The van der Waals surface area contributed by atoms with Crippen LogP contribution in [0, 0.1) is 0 Å². The molecule has 1 saturated heterocycles. The van der Waals surface area contributed by atoms with Crippen LogP contribution in [0.4, 0.5) is 0 Å². The van der Waals surface area contributed by atoms with Crippen LogP contribution >= 0.6 is 0 Å². The minimum Gasteiger partial charge on any atom is -0.347 e. The van der Waals surface area contributed by atoms with Crippen molar-refractivity contribution in [2.24, 2.45) is 0 Å². The smallest absolute Gasteiger partial charge is 0.251 e. The monoisotopic (exact) mass is 300 g/mol. The highest BCUT2D eigenvalue weighted by atomic mass is 16.2. The topological polar surface area (TPSA) is 78.1 Å². The molecule has 2 amide bonds. The second-order valence-corrected chi connectivity index (χ2v) is 6.68. The average molecular weight is 300 g/mol. The molecular weight excluding hydrogens is 280 g/mol. The Morgan fingerprint density at radius 1 is 1.41 bits per heavy atom. The van der Waals surface area contributed by atoms with Crippen LogP contribution in [0.25, 0.3) is 11.0 Å². The first-order chi connectivity index (χ1) is 10.3. The van der Waals surface area contributed by atoms with Crippen LogP contribution in [0.2, 0.25) is 0 Å². The fourth-order valence-electron chi connectivity index (χ4n) is 2.80. The highest BCUT2D eigenvalue weighted by molar-refractivity contribution is 5.98. The number of nitrogens with one attached hydrogen (secondary N) is 2. The summed E-state index contributed by atoms with van der Waals surface area (Å²) in [7, 11) is 0. The number of benzene rings is 1. The fourth-order valence-corrected chi connectivity index (χ4v) is 2.80. The second kappa shape index (κ2) is 5.12. The summed E-state index contributed by atoms with van der Waals surface area (Å²) < 4.78 is 0. The van der Waals surface area contributed by atoms with Crippen LogP contribution in [-0.2, 0) is 4.79 Å². The molecular formula is C16H20N4O2. The zero-order chi connectivity index (χ0) is 15.9. The van der Waals surface area contributed by atoms with E-state index in [-0.39, 0.29) is 23.4 Å². The Balaban J connectivity index is 1.71. The number of hydrogen-bond acceptors (Lipinski definition) is 3. The van der Waals surface area contributed by atoms with Gasteiger partial charge in [-0.2, -0.15) is 0 Å². The predicted molar refractivity (Wildman–Crippen MR) is 83.4 cm³/mol. The molecule has 0 bridgehead atoms. The van der Waals surface area contributed by atoms with Crippen molar-refractivity contribution < 1.29 is 9.59 Å². The van der Waals surface area contributed by atoms with E-state index >= 15 is 0 Å². The van der Waals surface area contributed by atoms with E-state index < -0.39 is 0 Å². The summed E-state index contributed by atoms with van der Waals surface area (Å²) in [5.74, 6) is -0.0770. The van der Waals surface area contributed by atoms with Crippen molar-refractivity contribution in [3.05, 3.63) is 30.1 Å². The van der Waals surface area contributed by atoms with Crippen molar-refractivity contribution >= 4 is 22.8 Å². The number of rotatable bonds is 2. The van der Waals surface area contributed by atoms with E-state index in [2.05, 4.69) is 15.3 Å². The summed E-state index contributed by atoms with van der Waals surface area (Å²) in [4.78, 5) is 33.3. The first kappa shape index (κ1) is 14.6. The van der Waals surface area contributed by atoms with Crippen LogP contribution in [0.1, 0.15) is 37.6 Å². The van der Waals surface area contributed by atoms with Gasteiger partial charge in [-0.3, -0.25) is 9.59 Å². The predicted octanol–water partition coefficient (Wildman–Crippen LogP) is 1.69. The van der Waals surface area contributed by atoms with Gasteiger partial charge in [-0.05, 0) is 39.0 Å². The highest BCUT2D eigenvalue weighted by Gasteiger charge is 2.36. The Hall–Kier alpha value is -2.37. The van der Waals surface area contributed by atoms with Crippen molar-refractivity contribution in [2.75, 3.05) is 6.54 Å². The van der Waals surface area contributed by atoms with Gasteiger partial charge < -0.3 is 15.2 Å². The van der Waals surface area contributed by atoms with Crippen LogP contribution in [0.3, 0.4) is 0 Å². The van der Waals surface area contributed by atoms with Crippen LogP contribution in [0.15, 0.2) is 24.5 Å². The standard InChI is InChI=1S/C16H20N4O2/c1-16(2,3)20-8-11(7-14(20)21)19-15(22)10-4-5-12-13(6-10)18-9-17-12/h4-6,9,11H,7-8H2,1-3H3,(H,17,18)(H,19,22). The molecule has 0 spiro atoms. The lowest BCUT2D eigenvalue weighted by Crippen LogP contribution is -2.44. The van der Waals surface area contributed by atoms with Crippen LogP contribution < -0.4 is 5.32 Å². The number of imidazole rings is 1. The second-order valence-electron chi connectivity index (χ2n) is 6.68. The van der Waals surface area contributed by atoms with E-state index in [1.54, 1.807) is 18.5 Å². The first-order valence-electron chi connectivity index (χ1n) is 7.39. The van der Waals surface area contributed by atoms with Gasteiger partial charge in [0.25, 0.3) is 5.91 Å². The van der Waals surface area contributed by atoms with Gasteiger partial charge in [0.1, 0.15) is 0 Å². The summed E-state index contributed by atoms with van der Waals surface area (Å²) >= 11 is 0. The van der Waals surface area contributed by atoms with Crippen molar-refractivity contribution in [3.63, 3.8) is 0 Å². The molecule has 1 aromatic carbocycles. The van der Waals surface area contributed by atoms with Gasteiger partial charge in [0.05, 0.1) is 23.4 Å². The molecule has 22 heavy (non-hydrogen) atoms. The van der Waals surface area contributed by atoms with Crippen LogP contribution in [-0.4, -0.2) is 44.8 Å². The lowest BCUT2D eigenvalue weighted by atomic mass is 10.1. The lowest BCUT2D eigenvalue weighted by Gasteiger charge is -2.32. The van der Waals surface area contributed by atoms with Gasteiger partial charge >= 0.3 is 0 Å². The number of carbonyl (C=O) groups excluding carboxylic acids is 2. The maximum atomic E-state index is 12.4. The van der Waals surface area contributed by atoms with E-state index in [1.165, 1.54) is 0 Å². The molecule has 2 aromatic rings. The Morgan fingerprint density at radius 2 is 2.18 bits per heavy atom. The molecule has 1 aliphatic rings. The first-order valence-corrected chi connectivity index (χ1v) is 7.39. The highest BCUT2D eigenvalue weighted by Crippen LogP contribution is 2.22. The minimum absolute atomic E-state index is 0.0850. The van der Waals surface area contributed by atoms with Crippen LogP contribution in [0.5, 0.6) is 0 Å². The number of nitrogens with zero attached hydrogens (tertiary/aromatic N) is 2. The van der Waals surface area contributed by atoms with E-state index in [1.807, 2.05) is 31.7 Å². The molecule has 1 aliphatic heterocycles. The van der Waals surface area contributed by atoms with Crippen molar-refractivity contribution in [2.45, 2.75) is 38.8 Å². The zero-order valence-corrected chi connectivity index (χ0v) is 13.0. The third-order valence-electron chi connectivity index (χ3n) is 3.95. The lowest BCUT2D eigenvalue weighted by molar-refractivity contribution is -0.131. The van der Waals surface area contributed by atoms with Gasteiger partial charge in [0.15, 0.2) is 0 Å². The third kappa shape index (κ3) is 2.68. The molecule has 0 saturated carbocycles. The number of aromatic amines is 1. The summed E-state index contributed by atoms with van der Waals surface area (Å²) in [5, 5.41) is 2.95. The molecule has 6 nitrogen and oxygen atoms in total. The average Bonchev–Trinajstić information content (AvgIpc) is 3.03. The third-order valence-corrected chi connectivity index (χ3v) is 3.95. The van der Waals surface area contributed by atoms with E-state index in [4.69, 9.17) is 0 Å². The Kier molecular flexibility index (Phi) is 3.39. The summed E-state index contributed by atoms with van der Waals surface area (Å²) in [5.41, 5.74) is 2.00. The molecule has 0 radical (unpaired) electrons. The van der Waals surface area contributed by atoms with Crippen molar-refractivity contribution in [3.8, 4) is 0 Å². The van der Waals surface area contributed by atoms with E-state index in [0.717, 1.165) is 11.0 Å². The number of fused-ring (bicyclic) bond motifs is 1. The van der Waals surface area contributed by atoms with Gasteiger partial charge in [-0.15, -0.1) is 0 Å². The number of amides is 2. The van der Waals surface area contributed by atoms with Crippen molar-refractivity contribution in [1.82, 2.24) is 20.2 Å². The molecule has 1 fully saturated rings. The Labute approximate surface area is 128 Å². The maximum Gasteiger partial charge on any atom is 0.251 e. The molecule has 1 aromatic heterocycles. The van der Waals surface area contributed by atoms with Crippen molar-refractivity contribution in [1.29, 1.82) is 0 Å². The number of carbonyl (C=O) groups is 2. The van der Waals surface area contributed by atoms with Gasteiger partial charge in [-0.25, -0.2) is 4.98 Å². The Bertz CT molecular complexity index is 729. The molecule has 0 aliphatic carbocycles. The fraction of sp³-hybridized carbons (Fsp3) is 0.438. The Morgan fingerprint density at radius 3 is 2.86 bits per heavy atom. The number of H-pyrrole nitrogens is 1. The molecule has 116 valence electrons. The van der Waals surface area contributed by atoms with Gasteiger partial charge in [-0.1, -0.05) is 0 Å². The normalized spacial score (nSPS) is 19.0. The largest absolute Gasteiger partial charge is 0.347 e. The SMILES string of the molecule is CC(C)(C)N1CC(NC(=O)c2ccc3nc[nH]c3c2)CC1=O. The zero-order valence-electron chi connectivity index (χ0n) is 13.0. The summed E-state index contributed by atoms with van der Waals surface area (Å²) in [6, 6.07) is 5.19. The molecule has 2 heterocycles.